The fourth-order valence-electron chi connectivity index (χ4n) is 3.80. The van der Waals surface area contributed by atoms with Crippen LogP contribution in [0.5, 0.6) is 0 Å². The van der Waals surface area contributed by atoms with E-state index in [4.69, 9.17) is 5.73 Å². The third-order valence-electron chi connectivity index (χ3n) is 5.57. The molecule has 0 spiro atoms. The van der Waals surface area contributed by atoms with Gasteiger partial charge in [0.05, 0.1) is 11.9 Å². The Morgan fingerprint density at radius 2 is 1.79 bits per heavy atom. The Morgan fingerprint density at radius 3 is 2.39 bits per heavy atom. The van der Waals surface area contributed by atoms with E-state index in [9.17, 15) is 5.26 Å². The number of nitrogens with two attached hydrogens (primary N) is 1. The molecule has 0 saturated carbocycles. The maximum absolute atomic E-state index is 9.60. The maximum atomic E-state index is 9.60. The van der Waals surface area contributed by atoms with E-state index in [2.05, 4.69) is 45.3 Å². The molecule has 6 heteroatoms. The highest BCUT2D eigenvalue weighted by atomic mass is 15.3. The lowest BCUT2D eigenvalue weighted by molar-refractivity contribution is 0.578. The van der Waals surface area contributed by atoms with Crippen LogP contribution in [0.1, 0.15) is 30.5 Å². The van der Waals surface area contributed by atoms with Crippen molar-refractivity contribution >= 4 is 11.5 Å². The zero-order chi connectivity index (χ0) is 19.7. The lowest BCUT2D eigenvalue weighted by Gasteiger charge is -2.28. The highest BCUT2D eigenvalue weighted by Gasteiger charge is 2.17. The van der Waals surface area contributed by atoms with Crippen LogP contribution in [0.3, 0.4) is 0 Å². The smallest absolute Gasteiger partial charge is 0.142 e. The first-order valence-corrected chi connectivity index (χ1v) is 9.63. The Hall–Kier alpha value is -3.33. The van der Waals surface area contributed by atoms with Gasteiger partial charge in [0.25, 0.3) is 0 Å². The van der Waals surface area contributed by atoms with Crippen molar-refractivity contribution in [2.75, 3.05) is 23.7 Å². The van der Waals surface area contributed by atoms with Crippen molar-refractivity contribution in [2.45, 2.75) is 26.2 Å². The van der Waals surface area contributed by atoms with Crippen LogP contribution in [0.25, 0.3) is 22.4 Å². The number of rotatable bonds is 3. The number of pyridine rings is 1. The fourth-order valence-corrected chi connectivity index (χ4v) is 3.80. The van der Waals surface area contributed by atoms with Crippen molar-refractivity contribution in [1.29, 1.82) is 5.26 Å². The Morgan fingerprint density at radius 1 is 1.07 bits per heavy atom. The van der Waals surface area contributed by atoms with Gasteiger partial charge in [0.2, 0.25) is 0 Å². The average molecular weight is 372 g/mol. The van der Waals surface area contributed by atoms with Crippen LogP contribution in [0.2, 0.25) is 0 Å². The van der Waals surface area contributed by atoms with Gasteiger partial charge < -0.3 is 10.6 Å². The van der Waals surface area contributed by atoms with Crippen LogP contribution in [0, 0.1) is 18.3 Å². The standard InChI is InChI=1S/C22H24N6/c1-15-20(14-25-27(15)2)18-12-21(26-22(24)19(18)13-23)16-6-8-17(9-7-16)28-10-4-3-5-11-28/h6-9,12,14H,3-5,10-11H2,1-2H3,(H2,24,26). The van der Waals surface area contributed by atoms with Gasteiger partial charge in [-0.05, 0) is 44.4 Å². The lowest BCUT2D eigenvalue weighted by atomic mass is 9.99. The second-order valence-corrected chi connectivity index (χ2v) is 7.29. The number of anilines is 2. The molecule has 0 bridgehead atoms. The van der Waals surface area contributed by atoms with E-state index in [0.29, 0.717) is 5.56 Å². The number of aromatic nitrogens is 3. The van der Waals surface area contributed by atoms with Gasteiger partial charge in [0, 0.05) is 48.2 Å². The van der Waals surface area contributed by atoms with Crippen molar-refractivity contribution in [1.82, 2.24) is 14.8 Å². The summed E-state index contributed by atoms with van der Waals surface area (Å²) in [7, 11) is 1.88. The highest BCUT2D eigenvalue weighted by Crippen LogP contribution is 2.33. The molecule has 2 N–H and O–H groups in total. The van der Waals surface area contributed by atoms with E-state index < -0.39 is 0 Å². The van der Waals surface area contributed by atoms with Crippen molar-refractivity contribution in [3.05, 3.63) is 47.8 Å². The Balaban J connectivity index is 1.74. The number of hydrogen-bond donors (Lipinski definition) is 1. The molecule has 1 aromatic carbocycles. The zero-order valence-electron chi connectivity index (χ0n) is 16.3. The van der Waals surface area contributed by atoms with Gasteiger partial charge in [-0.25, -0.2) is 4.98 Å². The molecule has 4 rings (SSSR count). The molecule has 6 nitrogen and oxygen atoms in total. The summed E-state index contributed by atoms with van der Waals surface area (Å²) in [6.07, 6.45) is 5.60. The van der Waals surface area contributed by atoms with Gasteiger partial charge in [-0.15, -0.1) is 0 Å². The normalized spacial score (nSPS) is 14.1. The summed E-state index contributed by atoms with van der Waals surface area (Å²) in [6.45, 7) is 4.21. The zero-order valence-corrected chi connectivity index (χ0v) is 16.3. The minimum Gasteiger partial charge on any atom is -0.383 e. The quantitative estimate of drug-likeness (QED) is 0.754. The first kappa shape index (κ1) is 18.1. The van der Waals surface area contributed by atoms with Gasteiger partial charge in [-0.1, -0.05) is 12.1 Å². The van der Waals surface area contributed by atoms with E-state index in [-0.39, 0.29) is 5.82 Å². The maximum Gasteiger partial charge on any atom is 0.142 e. The van der Waals surface area contributed by atoms with E-state index in [1.54, 1.807) is 10.9 Å². The molecule has 0 atom stereocenters. The Kier molecular flexibility index (Phi) is 4.74. The summed E-state index contributed by atoms with van der Waals surface area (Å²) < 4.78 is 1.79. The van der Waals surface area contributed by atoms with E-state index in [1.165, 1.54) is 24.9 Å². The first-order chi connectivity index (χ1) is 13.6. The van der Waals surface area contributed by atoms with Crippen LogP contribution in [0.4, 0.5) is 11.5 Å². The molecule has 3 aromatic rings. The van der Waals surface area contributed by atoms with E-state index in [0.717, 1.165) is 41.2 Å². The molecule has 1 aliphatic heterocycles. The Bertz CT molecular complexity index is 1040. The Labute approximate surface area is 165 Å². The predicted octanol–water partition coefficient (Wildman–Crippen LogP) is 3.90. The molecular weight excluding hydrogens is 348 g/mol. The van der Waals surface area contributed by atoms with Crippen LogP contribution in [-0.2, 0) is 7.05 Å². The number of piperidine rings is 1. The minimum absolute atomic E-state index is 0.248. The molecule has 0 unspecified atom stereocenters. The first-order valence-electron chi connectivity index (χ1n) is 9.63. The van der Waals surface area contributed by atoms with E-state index >= 15 is 0 Å². The second-order valence-electron chi connectivity index (χ2n) is 7.29. The number of nitrogen functional groups attached to an aromatic ring is 1. The number of nitriles is 1. The van der Waals surface area contributed by atoms with Crippen LogP contribution in [0.15, 0.2) is 36.5 Å². The van der Waals surface area contributed by atoms with Crippen molar-refractivity contribution in [3.8, 4) is 28.5 Å². The summed E-state index contributed by atoms with van der Waals surface area (Å²) in [5, 5.41) is 13.9. The second kappa shape index (κ2) is 7.35. The molecule has 142 valence electrons. The van der Waals surface area contributed by atoms with Crippen molar-refractivity contribution < 1.29 is 0 Å². The van der Waals surface area contributed by atoms with Gasteiger partial charge in [-0.2, -0.15) is 10.4 Å². The summed E-state index contributed by atoms with van der Waals surface area (Å²) in [5.74, 6) is 0.248. The van der Waals surface area contributed by atoms with Crippen molar-refractivity contribution in [2.24, 2.45) is 7.05 Å². The van der Waals surface area contributed by atoms with Crippen molar-refractivity contribution in [3.63, 3.8) is 0 Å². The summed E-state index contributed by atoms with van der Waals surface area (Å²) in [4.78, 5) is 6.92. The van der Waals surface area contributed by atoms with Crippen LogP contribution >= 0.6 is 0 Å². The van der Waals surface area contributed by atoms with Gasteiger partial charge in [0.1, 0.15) is 17.5 Å². The third-order valence-corrected chi connectivity index (χ3v) is 5.57. The van der Waals surface area contributed by atoms with E-state index in [1.807, 2.05) is 20.0 Å². The highest BCUT2D eigenvalue weighted by molar-refractivity contribution is 5.81. The van der Waals surface area contributed by atoms with Crippen LogP contribution in [-0.4, -0.2) is 27.9 Å². The molecule has 1 fully saturated rings. The topological polar surface area (TPSA) is 83.8 Å². The molecule has 2 aromatic heterocycles. The minimum atomic E-state index is 0.248. The molecule has 0 aliphatic carbocycles. The average Bonchev–Trinajstić information content (AvgIpc) is 3.06. The largest absolute Gasteiger partial charge is 0.383 e. The van der Waals surface area contributed by atoms with Gasteiger partial charge in [-0.3, -0.25) is 4.68 Å². The molecule has 1 aliphatic rings. The molecule has 0 amide bonds. The number of hydrogen-bond acceptors (Lipinski definition) is 5. The third kappa shape index (κ3) is 3.20. The summed E-state index contributed by atoms with van der Waals surface area (Å²) in [6, 6.07) is 12.6. The van der Waals surface area contributed by atoms with Crippen LogP contribution < -0.4 is 10.6 Å². The molecular formula is C22H24N6. The molecule has 28 heavy (non-hydrogen) atoms. The molecule has 1 saturated heterocycles. The SMILES string of the molecule is Cc1c(-c2cc(-c3ccc(N4CCCCC4)cc3)nc(N)c2C#N)cnn1C. The fraction of sp³-hybridized carbons (Fsp3) is 0.318. The predicted molar refractivity (Wildman–Crippen MR) is 112 cm³/mol. The molecule has 0 radical (unpaired) electrons. The van der Waals surface area contributed by atoms with Gasteiger partial charge in [0.15, 0.2) is 0 Å². The summed E-state index contributed by atoms with van der Waals surface area (Å²) >= 11 is 0. The monoisotopic (exact) mass is 372 g/mol. The number of nitrogens with zero attached hydrogens (tertiary/aromatic N) is 5. The van der Waals surface area contributed by atoms with Gasteiger partial charge >= 0.3 is 0 Å². The molecule has 3 heterocycles. The number of benzene rings is 1. The number of aryl methyl sites for hydroxylation is 1. The summed E-state index contributed by atoms with van der Waals surface area (Å²) in [5.41, 5.74) is 12.2. The lowest BCUT2D eigenvalue weighted by Crippen LogP contribution is -2.29.